The molecule has 0 fully saturated rings. The number of halogens is 1. The van der Waals surface area contributed by atoms with E-state index in [1.165, 1.54) is 68.2 Å². The van der Waals surface area contributed by atoms with Crippen LogP contribution in [-0.2, 0) is 0 Å². The first-order chi connectivity index (χ1) is 10.7. The highest BCUT2D eigenvalue weighted by Gasteiger charge is 2.34. The van der Waals surface area contributed by atoms with Gasteiger partial charge in [-0.25, -0.2) is 0 Å². The van der Waals surface area contributed by atoms with Crippen LogP contribution in [0, 0.1) is 0 Å². The van der Waals surface area contributed by atoms with E-state index in [4.69, 9.17) is 0 Å². The summed E-state index contributed by atoms with van der Waals surface area (Å²) < 4.78 is 1.20. The van der Waals surface area contributed by atoms with Crippen LogP contribution in [0.1, 0.15) is 70.9 Å². The highest BCUT2D eigenvalue weighted by atomic mass is 35.5. The maximum atomic E-state index is 4.21. The Morgan fingerprint density at radius 3 is 1.65 bits per heavy atom. The van der Waals surface area contributed by atoms with Crippen LogP contribution >= 0.6 is 0 Å². The van der Waals surface area contributed by atoms with Gasteiger partial charge in [-0.1, -0.05) is 76.9 Å². The second kappa shape index (κ2) is 12.6. The lowest BCUT2D eigenvalue weighted by atomic mass is 9.99. The van der Waals surface area contributed by atoms with Crippen molar-refractivity contribution in [3.05, 3.63) is 48.6 Å². The van der Waals surface area contributed by atoms with Crippen molar-refractivity contribution in [3.63, 3.8) is 0 Å². The van der Waals surface area contributed by atoms with Crippen LogP contribution in [0.3, 0.4) is 0 Å². The summed E-state index contributed by atoms with van der Waals surface area (Å²) in [6, 6.07) is 11.4. The van der Waals surface area contributed by atoms with Gasteiger partial charge >= 0.3 is 0 Å². The molecule has 1 rings (SSSR count). The van der Waals surface area contributed by atoms with Crippen molar-refractivity contribution in [2.75, 3.05) is 19.6 Å². The Morgan fingerprint density at radius 1 is 0.870 bits per heavy atom. The third-order valence-electron chi connectivity index (χ3n) is 4.83. The number of nitrogens with zero attached hydrogens (tertiary/aromatic N) is 1. The lowest BCUT2D eigenvalue weighted by Gasteiger charge is -2.44. The predicted octanol–water partition coefficient (Wildman–Crippen LogP) is 3.13. The number of quaternary nitrogens is 1. The van der Waals surface area contributed by atoms with Crippen LogP contribution in [-0.4, -0.2) is 24.1 Å². The third kappa shape index (κ3) is 6.69. The van der Waals surface area contributed by atoms with Crippen LogP contribution in [0.25, 0.3) is 0 Å². The minimum atomic E-state index is 0. The molecule has 23 heavy (non-hydrogen) atoms. The zero-order valence-corrected chi connectivity index (χ0v) is 16.2. The van der Waals surface area contributed by atoms with Crippen LogP contribution in [0.4, 0.5) is 0 Å². The fourth-order valence-electron chi connectivity index (χ4n) is 3.50. The Bertz CT molecular complexity index is 380. The van der Waals surface area contributed by atoms with Crippen molar-refractivity contribution in [3.8, 4) is 0 Å². The van der Waals surface area contributed by atoms with Crippen molar-refractivity contribution >= 4 is 0 Å². The van der Waals surface area contributed by atoms with E-state index in [1.54, 1.807) is 0 Å². The molecule has 0 heterocycles. The molecule has 0 aromatic heterocycles. The molecular weight excluding hydrogens is 302 g/mol. The quantitative estimate of drug-likeness (QED) is 0.406. The third-order valence-corrected chi connectivity index (χ3v) is 4.83. The van der Waals surface area contributed by atoms with Crippen LogP contribution in [0.2, 0.25) is 0 Å². The fraction of sp³-hybridized carbons (Fsp3) is 0.619. The van der Waals surface area contributed by atoms with Gasteiger partial charge in [0.1, 0.15) is 6.04 Å². The molecule has 1 aromatic carbocycles. The van der Waals surface area contributed by atoms with Crippen LogP contribution in [0.15, 0.2) is 43.0 Å². The maximum absolute atomic E-state index is 4.21. The molecule has 1 aromatic rings. The highest BCUT2D eigenvalue weighted by molar-refractivity contribution is 5.20. The fourth-order valence-corrected chi connectivity index (χ4v) is 3.50. The summed E-state index contributed by atoms with van der Waals surface area (Å²) in [5.41, 5.74) is 1.43. The number of unbranched alkanes of at least 4 members (excludes halogenated alkanes) is 3. The summed E-state index contributed by atoms with van der Waals surface area (Å²) >= 11 is 0. The molecule has 0 saturated carbocycles. The summed E-state index contributed by atoms with van der Waals surface area (Å²) in [6.45, 7) is 15.0. The van der Waals surface area contributed by atoms with Crippen molar-refractivity contribution in [1.82, 2.24) is 0 Å². The zero-order chi connectivity index (χ0) is 16.3. The second-order valence-corrected chi connectivity index (χ2v) is 6.54. The summed E-state index contributed by atoms with van der Waals surface area (Å²) in [4.78, 5) is 0. The first-order valence-electron chi connectivity index (χ1n) is 9.27. The van der Waals surface area contributed by atoms with E-state index in [9.17, 15) is 0 Å². The molecule has 132 valence electrons. The topological polar surface area (TPSA) is 0 Å². The molecule has 0 aliphatic carbocycles. The summed E-state index contributed by atoms with van der Waals surface area (Å²) in [5.74, 6) is 0. The lowest BCUT2D eigenvalue weighted by molar-refractivity contribution is -0.951. The van der Waals surface area contributed by atoms with Gasteiger partial charge in [0.15, 0.2) is 0 Å². The number of hydrogen-bond donors (Lipinski definition) is 0. The van der Waals surface area contributed by atoms with E-state index < -0.39 is 0 Å². The van der Waals surface area contributed by atoms with Gasteiger partial charge < -0.3 is 16.9 Å². The largest absolute Gasteiger partial charge is 1.00 e. The second-order valence-electron chi connectivity index (χ2n) is 6.54. The SMILES string of the molecule is C=CC(c1ccccc1)[N+](CCCC)(CCCC)CCCC.[Cl-]. The van der Waals surface area contributed by atoms with E-state index in [1.807, 2.05) is 0 Å². The summed E-state index contributed by atoms with van der Waals surface area (Å²) in [5, 5.41) is 0. The Balaban J connectivity index is 0.00000484. The highest BCUT2D eigenvalue weighted by Crippen LogP contribution is 2.32. The molecule has 0 N–H and O–H groups in total. The molecule has 1 nitrogen and oxygen atoms in total. The zero-order valence-electron chi connectivity index (χ0n) is 15.4. The number of benzene rings is 1. The van der Waals surface area contributed by atoms with Gasteiger partial charge in [0.05, 0.1) is 19.6 Å². The first-order valence-corrected chi connectivity index (χ1v) is 9.27. The maximum Gasteiger partial charge on any atom is 0.133 e. The standard InChI is InChI=1S/C21H36N.ClH/c1-5-9-17-22(18-10-6-2,19-11-7-3)21(8-4)20-15-13-12-14-16-20;/h8,12-16,21H,4-7,9-11,17-19H2,1-3H3;1H/q+1;/p-1. The molecule has 0 aliphatic rings. The van der Waals surface area contributed by atoms with Gasteiger partial charge in [-0.2, -0.15) is 0 Å². The molecule has 0 aliphatic heterocycles. The van der Waals surface area contributed by atoms with E-state index in [2.05, 4.69) is 63.8 Å². The number of rotatable bonds is 12. The minimum absolute atomic E-state index is 0. The van der Waals surface area contributed by atoms with Gasteiger partial charge in [-0.05, 0) is 25.3 Å². The number of hydrogen-bond acceptors (Lipinski definition) is 0. The van der Waals surface area contributed by atoms with Crippen molar-refractivity contribution in [2.45, 2.75) is 65.3 Å². The smallest absolute Gasteiger partial charge is 0.133 e. The summed E-state index contributed by atoms with van der Waals surface area (Å²) in [6.07, 6.45) is 9.96. The van der Waals surface area contributed by atoms with E-state index in [0.717, 1.165) is 0 Å². The minimum Gasteiger partial charge on any atom is -1.00 e. The van der Waals surface area contributed by atoms with Gasteiger partial charge in [-0.3, -0.25) is 0 Å². The molecular formula is C21H36ClN. The van der Waals surface area contributed by atoms with Gasteiger partial charge in [0, 0.05) is 5.56 Å². The Hall–Kier alpha value is -0.790. The Morgan fingerprint density at radius 2 is 1.30 bits per heavy atom. The molecule has 1 atom stereocenters. The molecule has 0 radical (unpaired) electrons. The monoisotopic (exact) mass is 337 g/mol. The van der Waals surface area contributed by atoms with Crippen LogP contribution < -0.4 is 12.4 Å². The molecule has 2 heteroatoms. The van der Waals surface area contributed by atoms with Gasteiger partial charge in [-0.15, -0.1) is 0 Å². The van der Waals surface area contributed by atoms with Gasteiger partial charge in [0.25, 0.3) is 0 Å². The van der Waals surface area contributed by atoms with Crippen molar-refractivity contribution in [2.24, 2.45) is 0 Å². The van der Waals surface area contributed by atoms with E-state index >= 15 is 0 Å². The Kier molecular flexibility index (Phi) is 12.2. The van der Waals surface area contributed by atoms with Crippen molar-refractivity contribution < 1.29 is 16.9 Å². The normalized spacial score (nSPS) is 12.5. The average molecular weight is 338 g/mol. The predicted molar refractivity (Wildman–Crippen MR) is 99.0 cm³/mol. The van der Waals surface area contributed by atoms with E-state index in [0.29, 0.717) is 6.04 Å². The van der Waals surface area contributed by atoms with Gasteiger partial charge in [0.2, 0.25) is 0 Å². The molecule has 0 bridgehead atoms. The average Bonchev–Trinajstić information content (AvgIpc) is 2.57. The summed E-state index contributed by atoms with van der Waals surface area (Å²) in [7, 11) is 0. The lowest BCUT2D eigenvalue weighted by Crippen LogP contribution is -3.00. The van der Waals surface area contributed by atoms with Crippen molar-refractivity contribution in [1.29, 1.82) is 0 Å². The molecule has 0 saturated heterocycles. The Labute approximate surface area is 150 Å². The first kappa shape index (κ1) is 22.2. The molecule has 0 spiro atoms. The van der Waals surface area contributed by atoms with E-state index in [-0.39, 0.29) is 12.4 Å². The molecule has 1 unspecified atom stereocenters. The molecule has 0 amide bonds. The van der Waals surface area contributed by atoms with Crippen LogP contribution in [0.5, 0.6) is 0 Å².